The van der Waals surface area contributed by atoms with E-state index in [1.807, 2.05) is 5.06 Å². The number of carbonyl (C=O) groups excluding carboxylic acids is 1. The molecule has 4 heteroatoms. The number of nitrogens with one attached hydrogen (secondary N) is 1. The second-order valence-corrected chi connectivity index (χ2v) is 5.92. The van der Waals surface area contributed by atoms with Gasteiger partial charge in [0.25, 0.3) is 0 Å². The van der Waals surface area contributed by atoms with Gasteiger partial charge in [-0.3, -0.25) is 4.79 Å². The first-order chi connectivity index (χ1) is 7.73. The van der Waals surface area contributed by atoms with Crippen LogP contribution in [0.1, 0.15) is 40.5 Å². The van der Waals surface area contributed by atoms with Crippen molar-refractivity contribution < 1.29 is 9.63 Å². The van der Waals surface area contributed by atoms with Gasteiger partial charge in [0.1, 0.15) is 0 Å². The van der Waals surface area contributed by atoms with Gasteiger partial charge in [-0.25, -0.2) is 0 Å². The van der Waals surface area contributed by atoms with Crippen LogP contribution >= 0.6 is 0 Å². The maximum atomic E-state index is 11.4. The molecule has 1 rings (SSSR count). The highest BCUT2D eigenvalue weighted by Gasteiger charge is 2.46. The Labute approximate surface area is 104 Å². The lowest BCUT2D eigenvalue weighted by Crippen LogP contribution is -2.63. The van der Waals surface area contributed by atoms with Crippen LogP contribution in [0.4, 0.5) is 0 Å². The number of hydrogen-bond donors (Lipinski definition) is 1. The van der Waals surface area contributed by atoms with Gasteiger partial charge in [-0.05, 0) is 46.6 Å². The summed E-state index contributed by atoms with van der Waals surface area (Å²) in [6, 6.07) is 0.164. The molecule has 0 atom stereocenters. The SMILES string of the molecule is C=CC(=O)NC1CC(C)(C)N(OC)C(C)(C)C1. The average Bonchev–Trinajstić information content (AvgIpc) is 2.14. The number of piperidine rings is 1. The predicted molar refractivity (Wildman–Crippen MR) is 68.4 cm³/mol. The van der Waals surface area contributed by atoms with Gasteiger partial charge in [-0.2, -0.15) is 5.06 Å². The summed E-state index contributed by atoms with van der Waals surface area (Å²) in [7, 11) is 1.70. The number of hydrogen-bond acceptors (Lipinski definition) is 3. The van der Waals surface area contributed by atoms with Gasteiger partial charge < -0.3 is 10.2 Å². The third-order valence-corrected chi connectivity index (χ3v) is 3.31. The molecule has 0 aromatic rings. The zero-order valence-electron chi connectivity index (χ0n) is 11.5. The van der Waals surface area contributed by atoms with Gasteiger partial charge >= 0.3 is 0 Å². The molecular weight excluding hydrogens is 216 g/mol. The molecule has 1 fully saturated rings. The molecule has 0 bridgehead atoms. The number of hydroxylamine groups is 2. The highest BCUT2D eigenvalue weighted by Crippen LogP contribution is 2.38. The first-order valence-corrected chi connectivity index (χ1v) is 6.00. The molecule has 1 aliphatic rings. The summed E-state index contributed by atoms with van der Waals surface area (Å²) in [4.78, 5) is 16.9. The van der Waals surface area contributed by atoms with Crippen molar-refractivity contribution in [3.63, 3.8) is 0 Å². The molecule has 1 N–H and O–H groups in total. The van der Waals surface area contributed by atoms with Crippen LogP contribution in [0.5, 0.6) is 0 Å². The Morgan fingerprint density at radius 1 is 1.35 bits per heavy atom. The van der Waals surface area contributed by atoms with E-state index in [1.54, 1.807) is 7.11 Å². The maximum Gasteiger partial charge on any atom is 0.243 e. The quantitative estimate of drug-likeness (QED) is 0.766. The molecule has 0 radical (unpaired) electrons. The normalized spacial score (nSPS) is 24.3. The first kappa shape index (κ1) is 14.2. The molecule has 0 aliphatic carbocycles. The Kier molecular flexibility index (Phi) is 3.99. The van der Waals surface area contributed by atoms with E-state index < -0.39 is 0 Å². The zero-order chi connectivity index (χ0) is 13.3. The molecule has 1 heterocycles. The number of nitrogens with zero attached hydrogens (tertiary/aromatic N) is 1. The second kappa shape index (κ2) is 4.78. The lowest BCUT2D eigenvalue weighted by Gasteiger charge is -2.53. The molecule has 17 heavy (non-hydrogen) atoms. The fourth-order valence-electron chi connectivity index (χ4n) is 3.12. The summed E-state index contributed by atoms with van der Waals surface area (Å²) in [5.74, 6) is -0.104. The van der Waals surface area contributed by atoms with E-state index in [4.69, 9.17) is 4.84 Å². The first-order valence-electron chi connectivity index (χ1n) is 6.00. The summed E-state index contributed by atoms with van der Waals surface area (Å²) in [5.41, 5.74) is -0.203. The van der Waals surface area contributed by atoms with Crippen LogP contribution in [0.3, 0.4) is 0 Å². The van der Waals surface area contributed by atoms with Gasteiger partial charge in [0.2, 0.25) is 5.91 Å². The Balaban J connectivity index is 2.83. The van der Waals surface area contributed by atoms with Crippen LogP contribution in [0, 0.1) is 0 Å². The summed E-state index contributed by atoms with van der Waals surface area (Å²) in [5, 5.41) is 5.01. The largest absolute Gasteiger partial charge is 0.350 e. The van der Waals surface area contributed by atoms with Crippen LogP contribution in [0.2, 0.25) is 0 Å². The molecule has 0 spiro atoms. The fraction of sp³-hybridized carbons (Fsp3) is 0.769. The number of amides is 1. The van der Waals surface area contributed by atoms with E-state index in [0.717, 1.165) is 12.8 Å². The molecule has 1 saturated heterocycles. The van der Waals surface area contributed by atoms with Crippen molar-refractivity contribution in [3.8, 4) is 0 Å². The van der Waals surface area contributed by atoms with E-state index >= 15 is 0 Å². The minimum absolute atomic E-state index is 0.102. The molecule has 98 valence electrons. The lowest BCUT2D eigenvalue weighted by molar-refractivity contribution is -0.267. The second-order valence-electron chi connectivity index (χ2n) is 5.92. The summed E-state index contributed by atoms with van der Waals surface area (Å²) < 4.78 is 0. The molecule has 1 amide bonds. The Bertz CT molecular complexity index is 293. The third kappa shape index (κ3) is 3.07. The topological polar surface area (TPSA) is 41.6 Å². The van der Waals surface area contributed by atoms with E-state index in [2.05, 4.69) is 39.6 Å². The van der Waals surface area contributed by atoms with Crippen molar-refractivity contribution in [1.82, 2.24) is 10.4 Å². The molecule has 1 aliphatic heterocycles. The fourth-order valence-corrected chi connectivity index (χ4v) is 3.12. The standard InChI is InChI=1S/C13H24N2O2/c1-7-11(16)14-10-8-12(2,3)15(17-6)13(4,5)9-10/h7,10H,1,8-9H2,2-6H3,(H,14,16). The predicted octanol–water partition coefficient (Wildman–Crippen LogP) is 1.87. The maximum absolute atomic E-state index is 11.4. The van der Waals surface area contributed by atoms with Crippen LogP contribution < -0.4 is 5.32 Å². The Morgan fingerprint density at radius 2 is 1.82 bits per heavy atom. The number of rotatable bonds is 3. The smallest absolute Gasteiger partial charge is 0.243 e. The van der Waals surface area contributed by atoms with E-state index in [0.29, 0.717) is 0 Å². The molecule has 0 aromatic carbocycles. The molecular formula is C13H24N2O2. The van der Waals surface area contributed by atoms with Gasteiger partial charge in [-0.15, -0.1) is 0 Å². The van der Waals surface area contributed by atoms with Gasteiger partial charge in [0.05, 0.1) is 7.11 Å². The van der Waals surface area contributed by atoms with Gasteiger partial charge in [-0.1, -0.05) is 6.58 Å². The molecule has 0 aromatic heterocycles. The van der Waals surface area contributed by atoms with Gasteiger partial charge in [0, 0.05) is 17.1 Å². The van der Waals surface area contributed by atoms with E-state index in [9.17, 15) is 4.79 Å². The van der Waals surface area contributed by atoms with Crippen LogP contribution in [-0.2, 0) is 9.63 Å². The van der Waals surface area contributed by atoms with Crippen molar-refractivity contribution in [1.29, 1.82) is 0 Å². The monoisotopic (exact) mass is 240 g/mol. The average molecular weight is 240 g/mol. The zero-order valence-corrected chi connectivity index (χ0v) is 11.5. The van der Waals surface area contributed by atoms with Crippen LogP contribution in [-0.4, -0.2) is 35.2 Å². The summed E-state index contributed by atoms with van der Waals surface area (Å²) in [6.07, 6.45) is 3.05. The summed E-state index contributed by atoms with van der Waals surface area (Å²) >= 11 is 0. The third-order valence-electron chi connectivity index (χ3n) is 3.31. The molecule has 0 saturated carbocycles. The highest BCUT2D eigenvalue weighted by atomic mass is 16.7. The summed E-state index contributed by atoms with van der Waals surface area (Å²) in [6.45, 7) is 12.0. The molecule has 4 nitrogen and oxygen atoms in total. The van der Waals surface area contributed by atoms with Crippen LogP contribution in [0.15, 0.2) is 12.7 Å². The van der Waals surface area contributed by atoms with Crippen molar-refractivity contribution >= 4 is 5.91 Å². The lowest BCUT2D eigenvalue weighted by atomic mass is 9.79. The van der Waals surface area contributed by atoms with Crippen molar-refractivity contribution in [2.75, 3.05) is 7.11 Å². The van der Waals surface area contributed by atoms with E-state index in [1.165, 1.54) is 6.08 Å². The van der Waals surface area contributed by atoms with Crippen molar-refractivity contribution in [3.05, 3.63) is 12.7 Å². The van der Waals surface area contributed by atoms with Crippen LogP contribution in [0.25, 0.3) is 0 Å². The minimum atomic E-state index is -0.104. The van der Waals surface area contributed by atoms with E-state index in [-0.39, 0.29) is 23.0 Å². The Morgan fingerprint density at radius 3 is 2.18 bits per heavy atom. The van der Waals surface area contributed by atoms with Crippen molar-refractivity contribution in [2.24, 2.45) is 0 Å². The molecule has 0 unspecified atom stereocenters. The highest BCUT2D eigenvalue weighted by molar-refractivity contribution is 5.87. The van der Waals surface area contributed by atoms with Gasteiger partial charge in [0.15, 0.2) is 0 Å². The Hall–Kier alpha value is -0.870. The van der Waals surface area contributed by atoms with Crippen molar-refractivity contribution in [2.45, 2.75) is 57.7 Å². The minimum Gasteiger partial charge on any atom is -0.350 e. The number of carbonyl (C=O) groups is 1.